The van der Waals surface area contributed by atoms with Gasteiger partial charge in [0, 0.05) is 11.1 Å². The van der Waals surface area contributed by atoms with Crippen LogP contribution in [-0.2, 0) is 4.79 Å². The molecule has 2 atom stereocenters. The highest BCUT2D eigenvalue weighted by molar-refractivity contribution is 5.93. The van der Waals surface area contributed by atoms with Gasteiger partial charge in [0.2, 0.25) is 0 Å². The van der Waals surface area contributed by atoms with Crippen LogP contribution in [0.4, 0.5) is 0 Å². The van der Waals surface area contributed by atoms with Gasteiger partial charge in [-0.1, -0.05) is 12.8 Å². The quantitative estimate of drug-likeness (QED) is 0.216. The van der Waals surface area contributed by atoms with Crippen LogP contribution < -0.4 is 18.9 Å². The SMILES string of the molecule is O=C(C1CCOc2ccc(OCCCCN3CCCCC3)cc21)C1CCOc2ccc(OCCCCN3CCCCC3)cc21. The third-order valence-corrected chi connectivity index (χ3v) is 9.90. The molecule has 4 heterocycles. The number of ether oxygens (including phenoxy) is 4. The molecule has 0 N–H and O–H groups in total. The second-order valence-corrected chi connectivity index (χ2v) is 13.1. The molecule has 0 saturated carbocycles. The van der Waals surface area contributed by atoms with Crippen molar-refractivity contribution >= 4 is 5.78 Å². The number of carbonyl (C=O) groups excluding carboxylic acids is 1. The number of benzene rings is 2. The minimum absolute atomic E-state index is 0.211. The Balaban J connectivity index is 1.04. The average molecular weight is 605 g/mol. The molecule has 7 nitrogen and oxygen atoms in total. The summed E-state index contributed by atoms with van der Waals surface area (Å²) >= 11 is 0. The first-order valence-corrected chi connectivity index (χ1v) is 17.5. The molecule has 2 fully saturated rings. The third kappa shape index (κ3) is 8.28. The number of piperidine rings is 2. The average Bonchev–Trinajstić information content (AvgIpc) is 3.08. The van der Waals surface area contributed by atoms with E-state index < -0.39 is 0 Å². The Morgan fingerprint density at radius 1 is 0.636 bits per heavy atom. The van der Waals surface area contributed by atoms with Gasteiger partial charge in [-0.2, -0.15) is 0 Å². The zero-order valence-electron chi connectivity index (χ0n) is 26.6. The molecule has 0 bridgehead atoms. The lowest BCUT2D eigenvalue weighted by Crippen LogP contribution is -2.30. The summed E-state index contributed by atoms with van der Waals surface area (Å²) in [6.07, 6.45) is 13.8. The predicted octanol–water partition coefficient (Wildman–Crippen LogP) is 6.98. The summed E-state index contributed by atoms with van der Waals surface area (Å²) in [6, 6.07) is 12.0. The van der Waals surface area contributed by atoms with Crippen LogP contribution in [0.15, 0.2) is 36.4 Å². The zero-order chi connectivity index (χ0) is 30.0. The number of carbonyl (C=O) groups is 1. The van der Waals surface area contributed by atoms with Gasteiger partial charge >= 0.3 is 0 Å². The van der Waals surface area contributed by atoms with Crippen LogP contribution in [0.2, 0.25) is 0 Å². The summed E-state index contributed by atoms with van der Waals surface area (Å²) in [5.41, 5.74) is 1.92. The number of hydrogen-bond acceptors (Lipinski definition) is 7. The number of Topliss-reactive ketones (excluding diaryl/α,β-unsaturated/α-hetero) is 1. The van der Waals surface area contributed by atoms with Crippen LogP contribution in [0.25, 0.3) is 0 Å². The van der Waals surface area contributed by atoms with Crippen molar-refractivity contribution < 1.29 is 23.7 Å². The van der Waals surface area contributed by atoms with Gasteiger partial charge in [0.1, 0.15) is 28.8 Å². The molecule has 7 heteroatoms. The van der Waals surface area contributed by atoms with Crippen LogP contribution in [0.5, 0.6) is 23.0 Å². The highest BCUT2D eigenvalue weighted by atomic mass is 16.5. The number of hydrogen-bond donors (Lipinski definition) is 0. The molecule has 0 spiro atoms. The van der Waals surface area contributed by atoms with Crippen LogP contribution >= 0.6 is 0 Å². The first-order chi connectivity index (χ1) is 21.7. The first kappa shape index (κ1) is 31.2. The molecule has 2 unspecified atom stereocenters. The predicted molar refractivity (Wildman–Crippen MR) is 174 cm³/mol. The van der Waals surface area contributed by atoms with E-state index in [0.717, 1.165) is 72.9 Å². The summed E-state index contributed by atoms with van der Waals surface area (Å²) in [5.74, 6) is 3.09. The van der Waals surface area contributed by atoms with Gasteiger partial charge in [-0.3, -0.25) is 4.79 Å². The van der Waals surface area contributed by atoms with Gasteiger partial charge < -0.3 is 28.7 Å². The molecular weight excluding hydrogens is 552 g/mol. The Morgan fingerprint density at radius 2 is 1.09 bits per heavy atom. The molecule has 0 amide bonds. The molecule has 2 saturated heterocycles. The van der Waals surface area contributed by atoms with Gasteiger partial charge in [-0.05, 0) is 140 Å². The first-order valence-electron chi connectivity index (χ1n) is 17.5. The molecule has 2 aromatic carbocycles. The lowest BCUT2D eigenvalue weighted by atomic mass is 9.78. The second-order valence-electron chi connectivity index (χ2n) is 13.1. The summed E-state index contributed by atoms with van der Waals surface area (Å²) in [4.78, 5) is 19.4. The Hall–Kier alpha value is -2.77. The number of unbranched alkanes of at least 4 members (excludes halogenated alkanes) is 2. The van der Waals surface area contributed by atoms with Gasteiger partial charge in [-0.15, -0.1) is 0 Å². The molecule has 2 aromatic rings. The van der Waals surface area contributed by atoms with Crippen LogP contribution in [0, 0.1) is 0 Å². The molecule has 6 rings (SSSR count). The van der Waals surface area contributed by atoms with Crippen molar-refractivity contribution in [2.45, 2.75) is 88.9 Å². The van der Waals surface area contributed by atoms with Gasteiger partial charge in [-0.25, -0.2) is 0 Å². The Bertz CT molecular complexity index is 1110. The normalized spacial score (nSPS) is 22.3. The molecule has 0 aliphatic carbocycles. The van der Waals surface area contributed by atoms with Crippen molar-refractivity contribution in [2.75, 3.05) is 65.7 Å². The number of ketones is 1. The van der Waals surface area contributed by atoms with Crippen molar-refractivity contribution in [3.8, 4) is 23.0 Å². The van der Waals surface area contributed by atoms with Crippen LogP contribution in [-0.4, -0.2) is 81.3 Å². The molecule has 0 radical (unpaired) electrons. The number of fused-ring (bicyclic) bond motifs is 2. The Labute approximate surface area is 264 Å². The van der Waals surface area contributed by atoms with Gasteiger partial charge in [0.25, 0.3) is 0 Å². The van der Waals surface area contributed by atoms with Crippen LogP contribution in [0.3, 0.4) is 0 Å². The van der Waals surface area contributed by atoms with E-state index in [1.807, 2.05) is 36.4 Å². The lowest BCUT2D eigenvalue weighted by Gasteiger charge is -2.31. The zero-order valence-corrected chi connectivity index (χ0v) is 26.6. The smallest absolute Gasteiger partial charge is 0.148 e. The van der Waals surface area contributed by atoms with Crippen molar-refractivity contribution in [2.24, 2.45) is 0 Å². The molecule has 4 aliphatic heterocycles. The summed E-state index contributed by atoms with van der Waals surface area (Å²) < 4.78 is 24.3. The maximum Gasteiger partial charge on any atom is 0.148 e. The molecule has 44 heavy (non-hydrogen) atoms. The topological polar surface area (TPSA) is 60.5 Å². The van der Waals surface area contributed by atoms with Crippen molar-refractivity contribution in [1.82, 2.24) is 9.80 Å². The fourth-order valence-corrected chi connectivity index (χ4v) is 7.38. The number of rotatable bonds is 14. The fraction of sp³-hybridized carbons (Fsp3) is 0.649. The van der Waals surface area contributed by atoms with Gasteiger partial charge in [0.05, 0.1) is 38.3 Å². The molecule has 0 aromatic heterocycles. The van der Waals surface area contributed by atoms with E-state index in [0.29, 0.717) is 39.3 Å². The van der Waals surface area contributed by atoms with E-state index in [-0.39, 0.29) is 17.6 Å². The molecular formula is C37H52N2O5. The van der Waals surface area contributed by atoms with E-state index in [1.165, 1.54) is 64.7 Å². The highest BCUT2D eigenvalue weighted by Gasteiger charge is 2.36. The Kier molecular flexibility index (Phi) is 11.3. The second kappa shape index (κ2) is 16.0. The summed E-state index contributed by atoms with van der Waals surface area (Å²) in [5, 5.41) is 0. The molecule has 4 aliphatic rings. The van der Waals surface area contributed by atoms with Crippen molar-refractivity contribution in [1.29, 1.82) is 0 Å². The monoisotopic (exact) mass is 604 g/mol. The molecule has 240 valence electrons. The van der Waals surface area contributed by atoms with Crippen LogP contribution in [0.1, 0.15) is 100 Å². The number of likely N-dealkylation sites (tertiary alicyclic amines) is 2. The lowest BCUT2D eigenvalue weighted by molar-refractivity contribution is -0.123. The Morgan fingerprint density at radius 3 is 1.55 bits per heavy atom. The number of nitrogens with zero attached hydrogens (tertiary/aromatic N) is 2. The highest BCUT2D eigenvalue weighted by Crippen LogP contribution is 2.44. The standard InChI is InChI=1S/C37H52N2O5/c40-37(31-15-25-43-35-13-11-29(27-33(31)35)41-23-9-7-21-38-17-3-1-4-18-38)32-16-26-44-36-14-12-30(28-34(32)36)42-24-10-8-22-39-19-5-2-6-20-39/h11-14,27-28,31-32H,1-10,15-26H2. The largest absolute Gasteiger partial charge is 0.494 e. The van der Waals surface area contributed by atoms with E-state index >= 15 is 0 Å². The minimum Gasteiger partial charge on any atom is -0.494 e. The van der Waals surface area contributed by atoms with E-state index in [2.05, 4.69) is 9.80 Å². The van der Waals surface area contributed by atoms with E-state index in [1.54, 1.807) is 0 Å². The van der Waals surface area contributed by atoms with E-state index in [4.69, 9.17) is 18.9 Å². The third-order valence-electron chi connectivity index (χ3n) is 9.90. The fourth-order valence-electron chi connectivity index (χ4n) is 7.38. The maximum absolute atomic E-state index is 14.2. The van der Waals surface area contributed by atoms with E-state index in [9.17, 15) is 4.79 Å². The van der Waals surface area contributed by atoms with Crippen molar-refractivity contribution in [3.05, 3.63) is 47.5 Å². The maximum atomic E-state index is 14.2. The summed E-state index contributed by atoms with van der Waals surface area (Å²) in [6.45, 7) is 9.79. The van der Waals surface area contributed by atoms with Crippen molar-refractivity contribution in [3.63, 3.8) is 0 Å². The van der Waals surface area contributed by atoms with Gasteiger partial charge in [0.15, 0.2) is 0 Å². The summed E-state index contributed by atoms with van der Waals surface area (Å²) in [7, 11) is 0. The minimum atomic E-state index is -0.211.